The summed E-state index contributed by atoms with van der Waals surface area (Å²) in [5, 5.41) is 15.5. The third kappa shape index (κ3) is 4.35. The average molecular weight is 354 g/mol. The predicted molar refractivity (Wildman–Crippen MR) is 107 cm³/mol. The molecular weight excluding hydrogens is 322 g/mol. The summed E-state index contributed by atoms with van der Waals surface area (Å²) < 4.78 is 5.21. The molecule has 2 aromatic carbocycles. The van der Waals surface area contributed by atoms with Gasteiger partial charge in [-0.05, 0) is 55.3 Å². The number of rotatable bonds is 8. The van der Waals surface area contributed by atoms with Crippen molar-refractivity contribution in [3.8, 4) is 11.1 Å². The van der Waals surface area contributed by atoms with E-state index >= 15 is 0 Å². The van der Waals surface area contributed by atoms with Crippen molar-refractivity contribution in [1.82, 2.24) is 5.32 Å². The van der Waals surface area contributed by atoms with Gasteiger partial charge in [-0.3, -0.25) is 0 Å². The van der Waals surface area contributed by atoms with Crippen LogP contribution in [-0.2, 0) is 10.3 Å². The van der Waals surface area contributed by atoms with Crippen LogP contribution in [0.2, 0.25) is 0 Å². The number of methoxy groups -OCH3 is 1. The lowest BCUT2D eigenvalue weighted by Gasteiger charge is -2.40. The van der Waals surface area contributed by atoms with Crippen molar-refractivity contribution in [1.29, 1.82) is 0 Å². The standard InChI is InChI=1S/C23H31NO2/c1-26-17-8-7-15-23(25,20-12-9-16-24-18-20)22-14-6-5-13-21(22)19-10-3-2-4-11-19/h2-6,10-11,13-14,20,24-25H,7-9,12,15-18H2,1H3/t20?,23-/m0/s1. The molecule has 26 heavy (non-hydrogen) atoms. The highest BCUT2D eigenvalue weighted by Gasteiger charge is 2.39. The molecule has 0 radical (unpaired) electrons. The monoisotopic (exact) mass is 353 g/mol. The number of benzene rings is 2. The number of nitrogens with one attached hydrogen (secondary N) is 1. The zero-order valence-corrected chi connectivity index (χ0v) is 15.8. The highest BCUT2D eigenvalue weighted by Crippen LogP contribution is 2.42. The maximum Gasteiger partial charge on any atom is 0.0942 e. The first kappa shape index (κ1) is 19.1. The molecule has 2 atom stereocenters. The number of hydrogen-bond donors (Lipinski definition) is 2. The Morgan fingerprint density at radius 2 is 1.85 bits per heavy atom. The fourth-order valence-corrected chi connectivity index (χ4v) is 4.19. The first-order valence-corrected chi connectivity index (χ1v) is 9.82. The molecule has 1 saturated heterocycles. The molecule has 2 N–H and O–H groups in total. The summed E-state index contributed by atoms with van der Waals surface area (Å²) in [4.78, 5) is 0. The Morgan fingerprint density at radius 1 is 1.08 bits per heavy atom. The van der Waals surface area contributed by atoms with E-state index in [2.05, 4.69) is 53.8 Å². The molecule has 1 aliphatic rings. The minimum atomic E-state index is -0.812. The number of piperidine rings is 1. The summed E-state index contributed by atoms with van der Waals surface area (Å²) in [7, 11) is 1.74. The van der Waals surface area contributed by atoms with Gasteiger partial charge in [0.1, 0.15) is 0 Å². The molecule has 2 aromatic rings. The number of aliphatic hydroxyl groups is 1. The summed E-state index contributed by atoms with van der Waals surface area (Å²) in [6, 6.07) is 18.8. The Morgan fingerprint density at radius 3 is 2.58 bits per heavy atom. The van der Waals surface area contributed by atoms with Crippen molar-refractivity contribution in [3.05, 3.63) is 60.2 Å². The van der Waals surface area contributed by atoms with E-state index in [1.165, 1.54) is 5.56 Å². The molecule has 0 aliphatic carbocycles. The molecule has 1 unspecified atom stereocenters. The SMILES string of the molecule is COCCCC[C@@](O)(c1ccccc1-c1ccccc1)C1CCCNC1. The Bertz CT molecular complexity index is 667. The molecule has 0 spiro atoms. The van der Waals surface area contributed by atoms with Crippen LogP contribution in [0.15, 0.2) is 54.6 Å². The second kappa shape index (κ2) is 9.31. The lowest BCUT2D eigenvalue weighted by atomic mass is 9.72. The first-order valence-electron chi connectivity index (χ1n) is 9.82. The van der Waals surface area contributed by atoms with Crippen LogP contribution in [0.25, 0.3) is 11.1 Å². The Balaban J connectivity index is 1.96. The van der Waals surface area contributed by atoms with Gasteiger partial charge < -0.3 is 15.2 Å². The first-order chi connectivity index (χ1) is 12.8. The fraction of sp³-hybridized carbons (Fsp3) is 0.478. The second-order valence-electron chi connectivity index (χ2n) is 7.33. The zero-order chi connectivity index (χ0) is 18.2. The molecule has 3 nitrogen and oxygen atoms in total. The summed E-state index contributed by atoms with van der Waals surface area (Å²) >= 11 is 0. The lowest BCUT2D eigenvalue weighted by molar-refractivity contribution is -0.0429. The van der Waals surface area contributed by atoms with Crippen molar-refractivity contribution in [3.63, 3.8) is 0 Å². The van der Waals surface area contributed by atoms with Gasteiger partial charge in [-0.2, -0.15) is 0 Å². The molecule has 0 amide bonds. The van der Waals surface area contributed by atoms with Crippen molar-refractivity contribution in [2.75, 3.05) is 26.8 Å². The molecule has 3 heteroatoms. The highest BCUT2D eigenvalue weighted by atomic mass is 16.5. The minimum absolute atomic E-state index is 0.239. The van der Waals surface area contributed by atoms with Gasteiger partial charge in [0.2, 0.25) is 0 Å². The average Bonchev–Trinajstić information content (AvgIpc) is 2.72. The van der Waals surface area contributed by atoms with E-state index < -0.39 is 5.60 Å². The predicted octanol–water partition coefficient (Wildman–Crippen LogP) is 4.36. The molecule has 140 valence electrons. The molecule has 1 fully saturated rings. The van der Waals surface area contributed by atoms with Gasteiger partial charge in [0.25, 0.3) is 0 Å². The van der Waals surface area contributed by atoms with Crippen LogP contribution in [-0.4, -0.2) is 31.9 Å². The van der Waals surface area contributed by atoms with Crippen LogP contribution in [0.5, 0.6) is 0 Å². The van der Waals surface area contributed by atoms with Gasteiger partial charge >= 0.3 is 0 Å². The Kier molecular flexibility index (Phi) is 6.84. The number of hydrogen-bond acceptors (Lipinski definition) is 3. The summed E-state index contributed by atoms with van der Waals surface area (Å²) in [6.07, 6.45) is 4.90. The molecule has 1 aliphatic heterocycles. The Labute approximate surface area is 157 Å². The van der Waals surface area contributed by atoms with Crippen LogP contribution >= 0.6 is 0 Å². The lowest BCUT2D eigenvalue weighted by Crippen LogP contribution is -2.44. The quantitative estimate of drug-likeness (QED) is 0.693. The normalized spacial score (nSPS) is 19.8. The van der Waals surface area contributed by atoms with E-state index in [-0.39, 0.29) is 5.92 Å². The molecular formula is C23H31NO2. The van der Waals surface area contributed by atoms with Crippen molar-refractivity contribution < 1.29 is 9.84 Å². The maximum absolute atomic E-state index is 12.0. The van der Waals surface area contributed by atoms with Gasteiger partial charge in [0.15, 0.2) is 0 Å². The van der Waals surface area contributed by atoms with Crippen LogP contribution in [0, 0.1) is 5.92 Å². The van der Waals surface area contributed by atoms with Crippen molar-refractivity contribution >= 4 is 0 Å². The molecule has 1 heterocycles. The summed E-state index contributed by atoms with van der Waals surface area (Å²) in [5.41, 5.74) is 2.57. The van der Waals surface area contributed by atoms with Crippen LogP contribution in [0.1, 0.15) is 37.7 Å². The van der Waals surface area contributed by atoms with Crippen LogP contribution in [0.4, 0.5) is 0 Å². The third-order valence-corrected chi connectivity index (χ3v) is 5.61. The molecule has 0 bridgehead atoms. The van der Waals surface area contributed by atoms with Gasteiger partial charge in [-0.25, -0.2) is 0 Å². The van der Waals surface area contributed by atoms with Gasteiger partial charge in [-0.1, -0.05) is 54.6 Å². The van der Waals surface area contributed by atoms with E-state index in [4.69, 9.17) is 4.74 Å². The van der Waals surface area contributed by atoms with Crippen LogP contribution in [0.3, 0.4) is 0 Å². The largest absolute Gasteiger partial charge is 0.385 e. The zero-order valence-electron chi connectivity index (χ0n) is 15.8. The van der Waals surface area contributed by atoms with E-state index in [1.807, 2.05) is 6.07 Å². The summed E-state index contributed by atoms with van der Waals surface area (Å²) in [6.45, 7) is 2.68. The molecule has 3 rings (SSSR count). The van der Waals surface area contributed by atoms with E-state index in [1.54, 1.807) is 7.11 Å². The molecule has 0 aromatic heterocycles. The maximum atomic E-state index is 12.0. The van der Waals surface area contributed by atoms with E-state index in [0.717, 1.165) is 62.9 Å². The highest BCUT2D eigenvalue weighted by molar-refractivity contribution is 5.68. The van der Waals surface area contributed by atoms with Crippen LogP contribution < -0.4 is 5.32 Å². The minimum Gasteiger partial charge on any atom is -0.385 e. The topological polar surface area (TPSA) is 41.5 Å². The fourth-order valence-electron chi connectivity index (χ4n) is 4.19. The smallest absolute Gasteiger partial charge is 0.0942 e. The van der Waals surface area contributed by atoms with Gasteiger partial charge in [0, 0.05) is 26.2 Å². The summed E-state index contributed by atoms with van der Waals surface area (Å²) in [5.74, 6) is 0.239. The van der Waals surface area contributed by atoms with Gasteiger partial charge in [-0.15, -0.1) is 0 Å². The van der Waals surface area contributed by atoms with Crippen molar-refractivity contribution in [2.45, 2.75) is 37.7 Å². The Hall–Kier alpha value is -1.68. The number of unbranched alkanes of at least 4 members (excludes halogenated alkanes) is 1. The van der Waals surface area contributed by atoms with Gasteiger partial charge in [0.05, 0.1) is 5.60 Å². The molecule has 0 saturated carbocycles. The second-order valence-corrected chi connectivity index (χ2v) is 7.33. The van der Waals surface area contributed by atoms with E-state index in [9.17, 15) is 5.11 Å². The third-order valence-electron chi connectivity index (χ3n) is 5.61. The van der Waals surface area contributed by atoms with E-state index in [0.29, 0.717) is 0 Å². The van der Waals surface area contributed by atoms with Crippen molar-refractivity contribution in [2.24, 2.45) is 5.92 Å². The number of ether oxygens (including phenoxy) is 1.